The van der Waals surface area contributed by atoms with Gasteiger partial charge in [-0.3, -0.25) is 0 Å². The fourth-order valence-corrected chi connectivity index (χ4v) is 8.61. The van der Waals surface area contributed by atoms with Crippen molar-refractivity contribution in [3.63, 3.8) is 0 Å². The zero-order chi connectivity index (χ0) is 26.7. The Bertz CT molecular complexity index is 1870. The van der Waals surface area contributed by atoms with E-state index in [1.807, 2.05) is 0 Å². The van der Waals surface area contributed by atoms with Gasteiger partial charge in [-0.2, -0.15) is 0 Å². The van der Waals surface area contributed by atoms with Gasteiger partial charge in [0, 0.05) is 49.4 Å². The average Bonchev–Trinajstić information content (AvgIpc) is 3.77. The highest BCUT2D eigenvalue weighted by molar-refractivity contribution is 6.22. The molecular weight excluding hydrogens is 484 g/mol. The second-order valence-corrected chi connectivity index (χ2v) is 13.6. The zero-order valence-corrected chi connectivity index (χ0v) is 23.8. The van der Waals surface area contributed by atoms with Crippen LogP contribution in [0.15, 0.2) is 78.9 Å². The Morgan fingerprint density at radius 2 is 1.10 bits per heavy atom. The minimum Gasteiger partial charge on any atom is -0.371 e. The molecule has 2 fully saturated rings. The van der Waals surface area contributed by atoms with Crippen molar-refractivity contribution in [2.24, 2.45) is 0 Å². The van der Waals surface area contributed by atoms with Crippen LogP contribution in [0.25, 0.3) is 43.8 Å². The molecule has 0 aliphatic carbocycles. The Morgan fingerprint density at radius 3 is 1.65 bits per heavy atom. The van der Waals surface area contributed by atoms with Crippen molar-refractivity contribution in [3.05, 3.63) is 95.6 Å². The first kappa shape index (κ1) is 23.0. The van der Waals surface area contributed by atoms with E-state index in [1.165, 1.54) is 99.8 Å². The van der Waals surface area contributed by atoms with Crippen molar-refractivity contribution in [1.82, 2.24) is 0 Å². The van der Waals surface area contributed by atoms with Crippen LogP contribution in [0, 0.1) is 0 Å². The van der Waals surface area contributed by atoms with Gasteiger partial charge in [0.25, 0.3) is 0 Å². The lowest BCUT2D eigenvalue weighted by Gasteiger charge is -2.27. The third-order valence-corrected chi connectivity index (χ3v) is 10.5. The summed E-state index contributed by atoms with van der Waals surface area (Å²) >= 11 is 0. The molecule has 0 spiro atoms. The summed E-state index contributed by atoms with van der Waals surface area (Å²) in [7, 11) is 0. The average molecular weight is 521 g/mol. The first-order chi connectivity index (χ1) is 19.5. The Kier molecular flexibility index (Phi) is 4.54. The molecule has 2 nitrogen and oxygen atoms in total. The summed E-state index contributed by atoms with van der Waals surface area (Å²) in [6.07, 6.45) is 2.55. The first-order valence-corrected chi connectivity index (χ1v) is 15.2. The Labute approximate surface area is 237 Å². The SMILES string of the molecule is CC(C)(C)c1ccc2c(-c3cccc4c3C3CCN4C3)c3ccccc3c(-c3cccc4c3C3CCN4C3)c2c1. The van der Waals surface area contributed by atoms with Crippen molar-refractivity contribution >= 4 is 32.9 Å². The van der Waals surface area contributed by atoms with E-state index < -0.39 is 0 Å². The summed E-state index contributed by atoms with van der Waals surface area (Å²) in [5.74, 6) is 1.29. The lowest BCUT2D eigenvalue weighted by molar-refractivity contribution is 0.591. The van der Waals surface area contributed by atoms with E-state index >= 15 is 0 Å². The van der Waals surface area contributed by atoms with Crippen molar-refractivity contribution in [2.75, 3.05) is 36.0 Å². The molecule has 2 heteroatoms. The van der Waals surface area contributed by atoms with Crippen molar-refractivity contribution in [1.29, 1.82) is 0 Å². The van der Waals surface area contributed by atoms with Crippen LogP contribution >= 0.6 is 0 Å². The molecular formula is C38H36N2. The van der Waals surface area contributed by atoms with Crippen LogP contribution in [0.1, 0.15) is 62.1 Å². The van der Waals surface area contributed by atoms with Gasteiger partial charge in [0.2, 0.25) is 0 Å². The lowest BCUT2D eigenvalue weighted by atomic mass is 9.78. The van der Waals surface area contributed by atoms with Crippen LogP contribution in [0.3, 0.4) is 0 Å². The standard InChI is InChI=1S/C38H36N2/c1-38(2,3)25-14-15-28-31(20-25)37(30-11-7-13-33-35(30)24-17-19-40(33)22-24)27-9-5-4-8-26(27)36(28)29-10-6-12-32-34(29)23-16-18-39(32)21-23/h4-15,20,23-24H,16-19,21-22H2,1-3H3. The van der Waals surface area contributed by atoms with Gasteiger partial charge in [-0.25, -0.2) is 0 Å². The molecule has 0 saturated carbocycles. The largest absolute Gasteiger partial charge is 0.371 e. The van der Waals surface area contributed by atoms with Gasteiger partial charge in [-0.15, -0.1) is 0 Å². The summed E-state index contributed by atoms with van der Waals surface area (Å²) in [5.41, 5.74) is 13.3. The van der Waals surface area contributed by atoms with E-state index in [0.717, 1.165) is 0 Å². The van der Waals surface area contributed by atoms with Gasteiger partial charge in [-0.1, -0.05) is 81.4 Å². The van der Waals surface area contributed by atoms with Crippen LogP contribution in [-0.2, 0) is 5.41 Å². The van der Waals surface area contributed by atoms with Crippen LogP contribution in [0.2, 0.25) is 0 Å². The molecule has 4 bridgehead atoms. The normalized spacial score (nSPS) is 20.7. The van der Waals surface area contributed by atoms with Crippen LogP contribution in [0.5, 0.6) is 0 Å². The zero-order valence-electron chi connectivity index (χ0n) is 23.8. The fourth-order valence-electron chi connectivity index (χ4n) is 8.61. The summed E-state index contributed by atoms with van der Waals surface area (Å²) in [6, 6.07) is 30.8. The van der Waals surface area contributed by atoms with Crippen LogP contribution in [0.4, 0.5) is 11.4 Å². The minimum absolute atomic E-state index is 0.0844. The molecule has 4 aliphatic rings. The Hall–Kier alpha value is -3.78. The van der Waals surface area contributed by atoms with Crippen molar-refractivity contribution in [3.8, 4) is 22.3 Å². The number of rotatable bonds is 2. The maximum Gasteiger partial charge on any atom is 0.0408 e. The summed E-state index contributed by atoms with van der Waals surface area (Å²) in [6.45, 7) is 11.8. The highest BCUT2D eigenvalue weighted by Crippen LogP contribution is 2.54. The van der Waals surface area contributed by atoms with E-state index in [2.05, 4.69) is 109 Å². The van der Waals surface area contributed by atoms with Gasteiger partial charge < -0.3 is 9.80 Å². The highest BCUT2D eigenvalue weighted by Gasteiger charge is 2.39. The Balaban J connectivity index is 1.44. The number of fused-ring (bicyclic) bond motifs is 12. The molecule has 5 aromatic rings. The molecule has 0 N–H and O–H groups in total. The third kappa shape index (κ3) is 3.00. The maximum atomic E-state index is 2.61. The monoisotopic (exact) mass is 520 g/mol. The fraction of sp³-hybridized carbons (Fsp3) is 0.316. The molecule has 4 heterocycles. The molecule has 2 unspecified atom stereocenters. The summed E-state index contributed by atoms with van der Waals surface area (Å²) in [5, 5.41) is 5.59. The third-order valence-electron chi connectivity index (χ3n) is 10.5. The smallest absolute Gasteiger partial charge is 0.0408 e. The number of hydrogen-bond acceptors (Lipinski definition) is 2. The molecule has 2 saturated heterocycles. The van der Waals surface area contributed by atoms with Crippen LogP contribution < -0.4 is 9.80 Å². The van der Waals surface area contributed by atoms with Gasteiger partial charge in [-0.05, 0) is 96.9 Å². The molecule has 198 valence electrons. The lowest BCUT2D eigenvalue weighted by Crippen LogP contribution is -2.15. The van der Waals surface area contributed by atoms with E-state index in [9.17, 15) is 0 Å². The summed E-state index contributed by atoms with van der Waals surface area (Å²) < 4.78 is 0. The first-order valence-electron chi connectivity index (χ1n) is 15.2. The molecule has 0 radical (unpaired) electrons. The quantitative estimate of drug-likeness (QED) is 0.214. The molecule has 5 aromatic carbocycles. The highest BCUT2D eigenvalue weighted by atomic mass is 15.2. The number of anilines is 2. The topological polar surface area (TPSA) is 6.48 Å². The molecule has 4 aliphatic heterocycles. The van der Waals surface area contributed by atoms with Crippen LogP contribution in [-0.4, -0.2) is 26.2 Å². The Morgan fingerprint density at radius 1 is 0.575 bits per heavy atom. The van der Waals surface area contributed by atoms with E-state index in [1.54, 1.807) is 11.1 Å². The van der Waals surface area contributed by atoms with Gasteiger partial charge in [0.1, 0.15) is 0 Å². The van der Waals surface area contributed by atoms with Gasteiger partial charge in [0.05, 0.1) is 0 Å². The second-order valence-electron chi connectivity index (χ2n) is 13.6. The molecule has 2 atom stereocenters. The van der Waals surface area contributed by atoms with E-state index in [4.69, 9.17) is 0 Å². The molecule has 0 aromatic heterocycles. The number of benzene rings is 5. The molecule has 9 rings (SSSR count). The molecule has 0 amide bonds. The van der Waals surface area contributed by atoms with Gasteiger partial charge in [0.15, 0.2) is 0 Å². The minimum atomic E-state index is 0.0844. The predicted molar refractivity (Wildman–Crippen MR) is 170 cm³/mol. The van der Waals surface area contributed by atoms with Gasteiger partial charge >= 0.3 is 0 Å². The molecule has 40 heavy (non-hydrogen) atoms. The number of nitrogens with zero attached hydrogens (tertiary/aromatic N) is 2. The number of hydrogen-bond donors (Lipinski definition) is 0. The van der Waals surface area contributed by atoms with E-state index in [0.29, 0.717) is 11.8 Å². The van der Waals surface area contributed by atoms with E-state index in [-0.39, 0.29) is 5.41 Å². The summed E-state index contributed by atoms with van der Waals surface area (Å²) in [4.78, 5) is 5.22. The predicted octanol–water partition coefficient (Wildman–Crippen LogP) is 9.24. The second kappa shape index (κ2) is 7.91. The van der Waals surface area contributed by atoms with Crippen molar-refractivity contribution in [2.45, 2.75) is 50.9 Å². The maximum absolute atomic E-state index is 2.61. The van der Waals surface area contributed by atoms with Crippen molar-refractivity contribution < 1.29 is 0 Å².